The van der Waals surface area contributed by atoms with Gasteiger partial charge in [-0.25, -0.2) is 0 Å². The fraction of sp³-hybridized carbons (Fsp3) is 0.214. The number of ether oxygens (including phenoxy) is 1. The van der Waals surface area contributed by atoms with E-state index in [0.29, 0.717) is 0 Å². The molecule has 3 heteroatoms. The summed E-state index contributed by atoms with van der Waals surface area (Å²) >= 11 is 3.48. The van der Waals surface area contributed by atoms with Gasteiger partial charge in [-0.2, -0.15) is 0 Å². The second-order valence-corrected chi connectivity index (χ2v) is 4.49. The Balaban J connectivity index is 2.33. The van der Waals surface area contributed by atoms with Crippen LogP contribution in [-0.4, -0.2) is 4.98 Å². The van der Waals surface area contributed by atoms with Crippen molar-refractivity contribution >= 4 is 15.9 Å². The average Bonchev–Trinajstić information content (AvgIpc) is 2.34. The smallest absolute Gasteiger partial charge is 0.148 e. The number of aryl methyl sites for hydroxylation is 2. The Labute approximate surface area is 110 Å². The minimum Gasteiger partial charge on any atom is -0.455 e. The largest absolute Gasteiger partial charge is 0.455 e. The van der Waals surface area contributed by atoms with Crippen molar-refractivity contribution in [3.05, 3.63) is 53.3 Å². The lowest BCUT2D eigenvalue weighted by atomic mass is 10.1. The van der Waals surface area contributed by atoms with Crippen LogP contribution in [-0.2, 0) is 5.33 Å². The fourth-order valence-corrected chi connectivity index (χ4v) is 2.05. The van der Waals surface area contributed by atoms with Gasteiger partial charge < -0.3 is 4.74 Å². The summed E-state index contributed by atoms with van der Waals surface area (Å²) < 4.78 is 5.89. The van der Waals surface area contributed by atoms with Crippen LogP contribution in [0.3, 0.4) is 0 Å². The third-order valence-electron chi connectivity index (χ3n) is 2.54. The van der Waals surface area contributed by atoms with Crippen LogP contribution in [0.5, 0.6) is 11.5 Å². The Kier molecular flexibility index (Phi) is 3.79. The van der Waals surface area contributed by atoms with E-state index in [1.807, 2.05) is 31.2 Å². The second kappa shape index (κ2) is 5.32. The van der Waals surface area contributed by atoms with Gasteiger partial charge in [-0.15, -0.1) is 0 Å². The standard InChI is InChI=1S/C14H14BrNO/c1-10-5-6-14(12(8-10)9-15)17-13-4-3-7-16-11(13)2/h3-8H,9H2,1-2H3. The first kappa shape index (κ1) is 12.1. The van der Waals surface area contributed by atoms with Gasteiger partial charge in [0.1, 0.15) is 11.5 Å². The summed E-state index contributed by atoms with van der Waals surface area (Å²) in [4.78, 5) is 4.21. The first-order valence-corrected chi connectivity index (χ1v) is 6.58. The zero-order valence-electron chi connectivity index (χ0n) is 9.90. The fourth-order valence-electron chi connectivity index (χ4n) is 1.61. The number of rotatable bonds is 3. The number of aromatic nitrogens is 1. The van der Waals surface area contributed by atoms with Gasteiger partial charge in [-0.3, -0.25) is 4.98 Å². The molecule has 1 heterocycles. The Hall–Kier alpha value is -1.35. The molecule has 2 aromatic rings. The number of nitrogens with zero attached hydrogens (tertiary/aromatic N) is 1. The summed E-state index contributed by atoms with van der Waals surface area (Å²) in [5.74, 6) is 1.68. The van der Waals surface area contributed by atoms with Crippen molar-refractivity contribution in [1.82, 2.24) is 4.98 Å². The molecule has 1 aromatic heterocycles. The SMILES string of the molecule is Cc1ccc(Oc2cccnc2C)c(CBr)c1. The van der Waals surface area contributed by atoms with Gasteiger partial charge in [-0.1, -0.05) is 33.6 Å². The molecule has 0 spiro atoms. The average molecular weight is 292 g/mol. The number of alkyl halides is 1. The Morgan fingerprint density at radius 2 is 2.00 bits per heavy atom. The zero-order valence-corrected chi connectivity index (χ0v) is 11.5. The van der Waals surface area contributed by atoms with E-state index in [0.717, 1.165) is 28.1 Å². The minimum absolute atomic E-state index is 0.781. The number of hydrogen-bond acceptors (Lipinski definition) is 2. The van der Waals surface area contributed by atoms with Crippen molar-refractivity contribution in [2.75, 3.05) is 0 Å². The Morgan fingerprint density at radius 3 is 2.71 bits per heavy atom. The molecule has 88 valence electrons. The molecule has 0 saturated heterocycles. The van der Waals surface area contributed by atoms with E-state index in [4.69, 9.17) is 4.74 Å². The van der Waals surface area contributed by atoms with Crippen molar-refractivity contribution in [1.29, 1.82) is 0 Å². The molecule has 0 fully saturated rings. The number of halogens is 1. The lowest BCUT2D eigenvalue weighted by Gasteiger charge is -2.11. The van der Waals surface area contributed by atoms with Gasteiger partial charge in [0.2, 0.25) is 0 Å². The van der Waals surface area contributed by atoms with Crippen molar-refractivity contribution in [3.63, 3.8) is 0 Å². The van der Waals surface area contributed by atoms with Gasteiger partial charge in [0.05, 0.1) is 5.69 Å². The summed E-state index contributed by atoms with van der Waals surface area (Å²) in [5, 5.41) is 0.781. The van der Waals surface area contributed by atoms with Crippen LogP contribution in [0.4, 0.5) is 0 Å². The Bertz CT molecular complexity index is 525. The van der Waals surface area contributed by atoms with E-state index in [9.17, 15) is 0 Å². The van der Waals surface area contributed by atoms with E-state index >= 15 is 0 Å². The maximum atomic E-state index is 5.89. The second-order valence-electron chi connectivity index (χ2n) is 3.93. The molecule has 1 aromatic carbocycles. The molecule has 2 rings (SSSR count). The lowest BCUT2D eigenvalue weighted by Crippen LogP contribution is -1.93. The van der Waals surface area contributed by atoms with Crippen LogP contribution >= 0.6 is 15.9 Å². The molecule has 0 atom stereocenters. The Morgan fingerprint density at radius 1 is 1.18 bits per heavy atom. The van der Waals surface area contributed by atoms with Crippen LogP contribution in [0, 0.1) is 13.8 Å². The topological polar surface area (TPSA) is 22.1 Å². The monoisotopic (exact) mass is 291 g/mol. The minimum atomic E-state index is 0.781. The molecular formula is C14H14BrNO. The van der Waals surface area contributed by atoms with Gasteiger partial charge >= 0.3 is 0 Å². The van der Waals surface area contributed by atoms with Crippen molar-refractivity contribution < 1.29 is 4.74 Å². The summed E-state index contributed by atoms with van der Waals surface area (Å²) in [6.45, 7) is 4.02. The van der Waals surface area contributed by atoms with Gasteiger partial charge in [0.15, 0.2) is 0 Å². The predicted molar refractivity (Wildman–Crippen MR) is 72.9 cm³/mol. The molecule has 0 unspecified atom stereocenters. The van der Waals surface area contributed by atoms with E-state index in [1.165, 1.54) is 5.56 Å². The predicted octanol–water partition coefficient (Wildman–Crippen LogP) is 4.39. The number of hydrogen-bond donors (Lipinski definition) is 0. The molecule has 0 radical (unpaired) electrons. The molecule has 2 nitrogen and oxygen atoms in total. The molecule has 17 heavy (non-hydrogen) atoms. The molecule has 0 aliphatic heterocycles. The maximum Gasteiger partial charge on any atom is 0.148 e. The zero-order chi connectivity index (χ0) is 12.3. The van der Waals surface area contributed by atoms with Gasteiger partial charge in [0, 0.05) is 17.1 Å². The number of benzene rings is 1. The molecule has 0 N–H and O–H groups in total. The highest BCUT2D eigenvalue weighted by molar-refractivity contribution is 9.08. The van der Waals surface area contributed by atoms with Crippen molar-refractivity contribution in [2.24, 2.45) is 0 Å². The first-order valence-electron chi connectivity index (χ1n) is 5.45. The van der Waals surface area contributed by atoms with Crippen LogP contribution < -0.4 is 4.74 Å². The van der Waals surface area contributed by atoms with E-state index < -0.39 is 0 Å². The quantitative estimate of drug-likeness (QED) is 0.783. The lowest BCUT2D eigenvalue weighted by molar-refractivity contribution is 0.471. The molecule has 0 saturated carbocycles. The van der Waals surface area contributed by atoms with E-state index in [2.05, 4.69) is 33.9 Å². The maximum absolute atomic E-state index is 5.89. The summed E-state index contributed by atoms with van der Waals surface area (Å²) in [6, 6.07) is 9.98. The molecule has 0 aliphatic carbocycles. The summed E-state index contributed by atoms with van der Waals surface area (Å²) in [7, 11) is 0. The van der Waals surface area contributed by atoms with Crippen LogP contribution in [0.2, 0.25) is 0 Å². The number of pyridine rings is 1. The van der Waals surface area contributed by atoms with E-state index in [-0.39, 0.29) is 0 Å². The highest BCUT2D eigenvalue weighted by Gasteiger charge is 2.06. The van der Waals surface area contributed by atoms with Gasteiger partial charge in [0.25, 0.3) is 0 Å². The van der Waals surface area contributed by atoms with Gasteiger partial charge in [-0.05, 0) is 32.0 Å². The van der Waals surface area contributed by atoms with Crippen LogP contribution in [0.15, 0.2) is 36.5 Å². The highest BCUT2D eigenvalue weighted by Crippen LogP contribution is 2.28. The molecule has 0 bridgehead atoms. The molecular weight excluding hydrogens is 278 g/mol. The summed E-state index contributed by atoms with van der Waals surface area (Å²) in [5.41, 5.74) is 3.27. The van der Waals surface area contributed by atoms with Crippen LogP contribution in [0.25, 0.3) is 0 Å². The molecule has 0 amide bonds. The normalized spacial score (nSPS) is 10.3. The van der Waals surface area contributed by atoms with Crippen molar-refractivity contribution in [3.8, 4) is 11.5 Å². The highest BCUT2D eigenvalue weighted by atomic mass is 79.9. The van der Waals surface area contributed by atoms with E-state index in [1.54, 1.807) is 6.20 Å². The van der Waals surface area contributed by atoms with Crippen LogP contribution in [0.1, 0.15) is 16.8 Å². The third-order valence-corrected chi connectivity index (χ3v) is 3.14. The third kappa shape index (κ3) is 2.86. The molecule has 0 aliphatic rings. The van der Waals surface area contributed by atoms with Crippen molar-refractivity contribution in [2.45, 2.75) is 19.2 Å². The first-order chi connectivity index (χ1) is 8.20. The summed E-state index contributed by atoms with van der Waals surface area (Å²) in [6.07, 6.45) is 1.77.